The third-order valence-corrected chi connectivity index (χ3v) is 5.21. The number of methoxy groups -OCH3 is 1. The van der Waals surface area contributed by atoms with E-state index in [1.165, 1.54) is 0 Å². The van der Waals surface area contributed by atoms with E-state index in [0.29, 0.717) is 23.3 Å². The summed E-state index contributed by atoms with van der Waals surface area (Å²) in [5.74, 6) is 1.37. The fraction of sp³-hybridized carbons (Fsp3) is 0.0800. The van der Waals surface area contributed by atoms with Crippen LogP contribution in [0.25, 0.3) is 22.4 Å². The highest BCUT2D eigenvalue weighted by Gasteiger charge is 2.17. The quantitative estimate of drug-likeness (QED) is 0.438. The van der Waals surface area contributed by atoms with Crippen molar-refractivity contribution in [3.63, 3.8) is 0 Å². The molecule has 0 aliphatic heterocycles. The van der Waals surface area contributed by atoms with E-state index in [0.717, 1.165) is 22.7 Å². The van der Waals surface area contributed by atoms with E-state index >= 15 is 0 Å². The van der Waals surface area contributed by atoms with Crippen molar-refractivity contribution >= 4 is 11.0 Å². The van der Waals surface area contributed by atoms with Gasteiger partial charge in [-0.3, -0.25) is 9.36 Å². The van der Waals surface area contributed by atoms with Crippen molar-refractivity contribution < 1.29 is 4.74 Å². The van der Waals surface area contributed by atoms with E-state index in [-0.39, 0.29) is 5.56 Å². The van der Waals surface area contributed by atoms with Gasteiger partial charge >= 0.3 is 0 Å². The minimum absolute atomic E-state index is 0.150. The lowest BCUT2D eigenvalue weighted by Gasteiger charge is -2.14. The number of rotatable bonds is 5. The number of para-hydroxylation sites is 1. The summed E-state index contributed by atoms with van der Waals surface area (Å²) in [4.78, 5) is 18.5. The van der Waals surface area contributed by atoms with Gasteiger partial charge in [0.2, 0.25) is 0 Å². The van der Waals surface area contributed by atoms with Crippen molar-refractivity contribution in [1.29, 1.82) is 0 Å². The number of nitrogens with zero attached hydrogens (tertiary/aromatic N) is 4. The molecule has 0 atom stereocenters. The molecule has 0 saturated carbocycles. The molecule has 6 heteroatoms. The van der Waals surface area contributed by atoms with E-state index in [1.54, 1.807) is 22.6 Å². The van der Waals surface area contributed by atoms with Crippen LogP contribution in [0.2, 0.25) is 0 Å². The first-order valence-electron chi connectivity index (χ1n) is 9.98. The normalized spacial score (nSPS) is 11.0. The van der Waals surface area contributed by atoms with Gasteiger partial charge < -0.3 is 4.74 Å². The van der Waals surface area contributed by atoms with Crippen LogP contribution in [0.5, 0.6) is 5.75 Å². The minimum atomic E-state index is -0.150. The largest absolute Gasteiger partial charge is 0.497 e. The molecule has 2 aromatic heterocycles. The van der Waals surface area contributed by atoms with Gasteiger partial charge in [0.15, 0.2) is 5.65 Å². The maximum atomic E-state index is 13.6. The molecule has 0 bridgehead atoms. The van der Waals surface area contributed by atoms with Crippen LogP contribution < -0.4 is 10.3 Å². The number of fused-ring (bicyclic) bond motifs is 1. The van der Waals surface area contributed by atoms with E-state index in [2.05, 4.69) is 5.10 Å². The summed E-state index contributed by atoms with van der Waals surface area (Å²) in [7, 11) is 1.62. The van der Waals surface area contributed by atoms with E-state index in [4.69, 9.17) is 9.72 Å². The molecule has 5 aromatic rings. The standard InChI is InChI=1S/C25H20N4O2/c1-31-21-14-12-19(13-15-21)28-23(16-18-8-4-2-5-9-18)27-24-22(25(28)30)17-26-29(24)20-10-6-3-7-11-20/h2-15,17H,16H2,1H3. The third kappa shape index (κ3) is 3.48. The van der Waals surface area contributed by atoms with Gasteiger partial charge in [0.1, 0.15) is 17.0 Å². The third-order valence-electron chi connectivity index (χ3n) is 5.21. The monoisotopic (exact) mass is 408 g/mol. The molecule has 0 unspecified atom stereocenters. The summed E-state index contributed by atoms with van der Waals surface area (Å²) in [6.45, 7) is 0. The van der Waals surface area contributed by atoms with Crippen LogP contribution in [-0.4, -0.2) is 26.4 Å². The molecule has 0 radical (unpaired) electrons. The minimum Gasteiger partial charge on any atom is -0.497 e. The highest BCUT2D eigenvalue weighted by atomic mass is 16.5. The molecule has 0 spiro atoms. The highest BCUT2D eigenvalue weighted by molar-refractivity contribution is 5.76. The van der Waals surface area contributed by atoms with Crippen LogP contribution in [0.15, 0.2) is 95.9 Å². The zero-order valence-corrected chi connectivity index (χ0v) is 17.0. The highest BCUT2D eigenvalue weighted by Crippen LogP contribution is 2.20. The Bertz CT molecular complexity index is 1390. The van der Waals surface area contributed by atoms with Crippen LogP contribution in [-0.2, 0) is 6.42 Å². The van der Waals surface area contributed by atoms with Crippen LogP contribution in [0.4, 0.5) is 0 Å². The number of aromatic nitrogens is 4. The van der Waals surface area contributed by atoms with E-state index < -0.39 is 0 Å². The van der Waals surface area contributed by atoms with E-state index in [9.17, 15) is 4.79 Å². The second kappa shape index (κ2) is 7.91. The zero-order chi connectivity index (χ0) is 21.2. The van der Waals surface area contributed by atoms with Gasteiger partial charge in [0.25, 0.3) is 5.56 Å². The molecule has 3 aromatic carbocycles. The molecular weight excluding hydrogens is 388 g/mol. The van der Waals surface area contributed by atoms with Gasteiger partial charge in [0, 0.05) is 6.42 Å². The van der Waals surface area contributed by atoms with E-state index in [1.807, 2.05) is 84.9 Å². The molecule has 0 amide bonds. The lowest BCUT2D eigenvalue weighted by Crippen LogP contribution is -2.24. The van der Waals surface area contributed by atoms with Gasteiger partial charge in [-0.15, -0.1) is 0 Å². The van der Waals surface area contributed by atoms with Gasteiger partial charge in [-0.25, -0.2) is 9.67 Å². The Kier molecular flexibility index (Phi) is 4.80. The number of hydrogen-bond donors (Lipinski definition) is 0. The summed E-state index contributed by atoms with van der Waals surface area (Å²) in [6.07, 6.45) is 2.10. The maximum absolute atomic E-state index is 13.6. The first kappa shape index (κ1) is 18.8. The molecule has 0 saturated heterocycles. The first-order valence-corrected chi connectivity index (χ1v) is 9.98. The topological polar surface area (TPSA) is 61.9 Å². The summed E-state index contributed by atoms with van der Waals surface area (Å²) in [5.41, 5.74) is 3.06. The fourth-order valence-corrected chi connectivity index (χ4v) is 3.66. The van der Waals surface area contributed by atoms with Gasteiger partial charge in [-0.1, -0.05) is 48.5 Å². The fourth-order valence-electron chi connectivity index (χ4n) is 3.66. The molecule has 0 N–H and O–H groups in total. The Morgan fingerprint density at radius 3 is 2.19 bits per heavy atom. The summed E-state index contributed by atoms with van der Waals surface area (Å²) < 4.78 is 8.64. The Balaban J connectivity index is 1.75. The Morgan fingerprint density at radius 1 is 0.839 bits per heavy atom. The van der Waals surface area contributed by atoms with Crippen molar-refractivity contribution in [2.45, 2.75) is 6.42 Å². The SMILES string of the molecule is COc1ccc(-n2c(Cc3ccccc3)nc3c(cnn3-c3ccccc3)c2=O)cc1. The van der Waals surface area contributed by atoms with Crippen LogP contribution in [0.3, 0.4) is 0 Å². The molecule has 31 heavy (non-hydrogen) atoms. The van der Waals surface area contributed by atoms with Gasteiger partial charge in [0.05, 0.1) is 24.7 Å². The van der Waals surface area contributed by atoms with Crippen molar-refractivity contribution in [2.75, 3.05) is 7.11 Å². The average Bonchev–Trinajstić information content (AvgIpc) is 3.25. The van der Waals surface area contributed by atoms with Crippen molar-refractivity contribution in [1.82, 2.24) is 19.3 Å². The molecule has 0 aliphatic rings. The average molecular weight is 408 g/mol. The molecule has 5 rings (SSSR count). The van der Waals surface area contributed by atoms with Crippen LogP contribution in [0.1, 0.15) is 11.4 Å². The number of benzene rings is 3. The molecular formula is C25H20N4O2. The van der Waals surface area contributed by atoms with Gasteiger partial charge in [-0.05, 0) is 42.0 Å². The van der Waals surface area contributed by atoms with Crippen molar-refractivity contribution in [3.05, 3.63) is 113 Å². The van der Waals surface area contributed by atoms with Crippen molar-refractivity contribution in [2.24, 2.45) is 0 Å². The molecule has 6 nitrogen and oxygen atoms in total. The molecule has 152 valence electrons. The zero-order valence-electron chi connectivity index (χ0n) is 17.0. The predicted molar refractivity (Wildman–Crippen MR) is 120 cm³/mol. The first-order chi connectivity index (χ1) is 15.2. The van der Waals surface area contributed by atoms with Crippen LogP contribution >= 0.6 is 0 Å². The lowest BCUT2D eigenvalue weighted by atomic mass is 10.1. The smallest absolute Gasteiger partial charge is 0.269 e. The Morgan fingerprint density at radius 2 is 1.52 bits per heavy atom. The second-order valence-electron chi connectivity index (χ2n) is 7.16. The molecule has 2 heterocycles. The van der Waals surface area contributed by atoms with Gasteiger partial charge in [-0.2, -0.15) is 5.10 Å². The summed E-state index contributed by atoms with van der Waals surface area (Å²) in [5, 5.41) is 4.93. The number of hydrogen-bond acceptors (Lipinski definition) is 4. The number of ether oxygens (including phenoxy) is 1. The lowest BCUT2D eigenvalue weighted by molar-refractivity contribution is 0.414. The molecule has 0 aliphatic carbocycles. The van der Waals surface area contributed by atoms with Crippen LogP contribution in [0, 0.1) is 0 Å². The Labute approximate surface area is 179 Å². The molecule has 0 fully saturated rings. The van der Waals surface area contributed by atoms with Crippen molar-refractivity contribution in [3.8, 4) is 17.1 Å². The summed E-state index contributed by atoms with van der Waals surface area (Å²) >= 11 is 0. The summed E-state index contributed by atoms with van der Waals surface area (Å²) in [6, 6.07) is 27.1. The predicted octanol–water partition coefficient (Wildman–Crippen LogP) is 4.17. The second-order valence-corrected chi connectivity index (χ2v) is 7.16. The maximum Gasteiger partial charge on any atom is 0.269 e. The Hall–Kier alpha value is -4.19.